The van der Waals surface area contributed by atoms with Gasteiger partial charge in [0.25, 0.3) is 0 Å². The van der Waals surface area contributed by atoms with E-state index in [4.69, 9.17) is 5.10 Å². The largest absolute Gasteiger partial charge is 0.304 e. The zero-order chi connectivity index (χ0) is 14.1. The highest BCUT2D eigenvalue weighted by Crippen LogP contribution is 2.35. The van der Waals surface area contributed by atoms with Gasteiger partial charge < -0.3 is 5.32 Å². The van der Waals surface area contributed by atoms with E-state index in [0.717, 1.165) is 22.2 Å². The van der Waals surface area contributed by atoms with Crippen LogP contribution in [0.25, 0.3) is 10.9 Å². The topological polar surface area (TPSA) is 29.9 Å². The molecule has 1 aromatic carbocycles. The quantitative estimate of drug-likeness (QED) is 0.768. The molecule has 0 amide bonds. The van der Waals surface area contributed by atoms with Gasteiger partial charge in [-0.25, -0.2) is 0 Å². The molecule has 0 bridgehead atoms. The van der Waals surface area contributed by atoms with Gasteiger partial charge in [0, 0.05) is 21.8 Å². The maximum Gasteiger partial charge on any atom is 0.0926 e. The number of para-hydroxylation sites is 1. The van der Waals surface area contributed by atoms with Crippen LogP contribution in [0.4, 0.5) is 0 Å². The van der Waals surface area contributed by atoms with E-state index in [0.29, 0.717) is 0 Å². The number of rotatable bonds is 4. The Balaban J connectivity index is 2.18. The molecule has 3 nitrogen and oxygen atoms in total. The molecule has 0 aliphatic carbocycles. The second kappa shape index (κ2) is 5.68. The minimum atomic E-state index is 0.125. The third-order valence-electron chi connectivity index (χ3n) is 3.38. The summed E-state index contributed by atoms with van der Waals surface area (Å²) in [5.74, 6) is 0. The fourth-order valence-corrected chi connectivity index (χ4v) is 4.16. The molecule has 1 N–H and O–H groups in total. The van der Waals surface area contributed by atoms with Crippen LogP contribution in [0.1, 0.15) is 23.5 Å². The van der Waals surface area contributed by atoms with E-state index in [1.165, 1.54) is 10.3 Å². The van der Waals surface area contributed by atoms with Crippen molar-refractivity contribution in [1.29, 1.82) is 0 Å². The van der Waals surface area contributed by atoms with Gasteiger partial charge in [-0.3, -0.25) is 4.68 Å². The van der Waals surface area contributed by atoms with Crippen molar-refractivity contribution in [3.8, 4) is 0 Å². The lowest BCUT2D eigenvalue weighted by atomic mass is 10.1. The van der Waals surface area contributed by atoms with Crippen molar-refractivity contribution in [2.75, 3.05) is 6.54 Å². The number of thiophene rings is 1. The van der Waals surface area contributed by atoms with Crippen molar-refractivity contribution in [1.82, 2.24) is 15.1 Å². The van der Waals surface area contributed by atoms with E-state index >= 15 is 0 Å². The molecule has 5 heteroatoms. The number of hydrogen-bond donors (Lipinski definition) is 1. The van der Waals surface area contributed by atoms with Crippen molar-refractivity contribution in [2.24, 2.45) is 7.05 Å². The van der Waals surface area contributed by atoms with Crippen molar-refractivity contribution in [3.05, 3.63) is 50.8 Å². The maximum atomic E-state index is 4.75. The van der Waals surface area contributed by atoms with Gasteiger partial charge in [0.1, 0.15) is 0 Å². The van der Waals surface area contributed by atoms with Crippen molar-refractivity contribution in [3.63, 3.8) is 0 Å². The Morgan fingerprint density at radius 1 is 1.35 bits per heavy atom. The Bertz CT molecular complexity index is 732. The standard InChI is InChI=1S/C15H16BrN3S/c1-3-17-14(15-11(16)8-9-20-15)13-10-6-4-5-7-12(10)19(2)18-13/h4-9,14,17H,3H2,1-2H3. The second-order valence-electron chi connectivity index (χ2n) is 4.65. The molecule has 3 rings (SSSR count). The molecule has 0 saturated heterocycles. The van der Waals surface area contributed by atoms with Crippen LogP contribution in [0, 0.1) is 0 Å². The van der Waals surface area contributed by atoms with Crippen molar-refractivity contribution < 1.29 is 0 Å². The monoisotopic (exact) mass is 349 g/mol. The van der Waals surface area contributed by atoms with E-state index in [1.54, 1.807) is 11.3 Å². The van der Waals surface area contributed by atoms with Crippen LogP contribution in [0.15, 0.2) is 40.2 Å². The Morgan fingerprint density at radius 3 is 2.85 bits per heavy atom. The number of nitrogens with zero attached hydrogens (tertiary/aromatic N) is 2. The van der Waals surface area contributed by atoms with Crippen molar-refractivity contribution in [2.45, 2.75) is 13.0 Å². The first kappa shape index (κ1) is 13.8. The van der Waals surface area contributed by atoms with Crippen LogP contribution in [0.5, 0.6) is 0 Å². The molecular weight excluding hydrogens is 334 g/mol. The van der Waals surface area contributed by atoms with E-state index < -0.39 is 0 Å². The van der Waals surface area contributed by atoms with Crippen molar-refractivity contribution >= 4 is 38.2 Å². The molecule has 20 heavy (non-hydrogen) atoms. The molecule has 104 valence electrons. The normalized spacial score (nSPS) is 12.9. The average molecular weight is 350 g/mol. The lowest BCUT2D eigenvalue weighted by Crippen LogP contribution is -2.22. The Kier molecular flexibility index (Phi) is 3.92. The third-order valence-corrected chi connectivity index (χ3v) is 5.31. The van der Waals surface area contributed by atoms with Crippen LogP contribution in [-0.2, 0) is 7.05 Å². The molecule has 0 aliphatic rings. The zero-order valence-corrected chi connectivity index (χ0v) is 13.8. The van der Waals surface area contributed by atoms with E-state index in [1.807, 2.05) is 11.7 Å². The van der Waals surface area contributed by atoms with Gasteiger partial charge in [-0.05, 0) is 40.0 Å². The first-order chi connectivity index (χ1) is 9.72. The summed E-state index contributed by atoms with van der Waals surface area (Å²) in [6.07, 6.45) is 0. The molecule has 0 spiro atoms. The lowest BCUT2D eigenvalue weighted by molar-refractivity contribution is 0.610. The van der Waals surface area contributed by atoms with Gasteiger partial charge in [-0.2, -0.15) is 5.10 Å². The van der Waals surface area contributed by atoms with Gasteiger partial charge >= 0.3 is 0 Å². The molecule has 1 atom stereocenters. The predicted octanol–water partition coefficient (Wildman–Crippen LogP) is 4.10. The highest BCUT2D eigenvalue weighted by molar-refractivity contribution is 9.10. The number of fused-ring (bicyclic) bond motifs is 1. The van der Waals surface area contributed by atoms with E-state index in [2.05, 4.69) is 63.9 Å². The smallest absolute Gasteiger partial charge is 0.0926 e. The summed E-state index contributed by atoms with van der Waals surface area (Å²) in [5.41, 5.74) is 2.26. The summed E-state index contributed by atoms with van der Waals surface area (Å²) in [6.45, 7) is 3.03. The summed E-state index contributed by atoms with van der Waals surface area (Å²) < 4.78 is 3.10. The highest BCUT2D eigenvalue weighted by Gasteiger charge is 2.22. The summed E-state index contributed by atoms with van der Waals surface area (Å²) in [6, 6.07) is 10.6. The number of benzene rings is 1. The predicted molar refractivity (Wildman–Crippen MR) is 88.3 cm³/mol. The molecule has 0 radical (unpaired) electrons. The number of aromatic nitrogens is 2. The fraction of sp³-hybridized carbons (Fsp3) is 0.267. The Labute approximate surface area is 130 Å². The summed E-state index contributed by atoms with van der Waals surface area (Å²) in [7, 11) is 2.00. The molecular formula is C15H16BrN3S. The van der Waals surface area contributed by atoms with Gasteiger partial charge in [-0.15, -0.1) is 11.3 Å². The third kappa shape index (κ3) is 2.30. The van der Waals surface area contributed by atoms with E-state index in [-0.39, 0.29) is 6.04 Å². The van der Waals surface area contributed by atoms with Crippen LogP contribution in [0.3, 0.4) is 0 Å². The average Bonchev–Trinajstić information content (AvgIpc) is 3.02. The van der Waals surface area contributed by atoms with Gasteiger partial charge in [-0.1, -0.05) is 25.1 Å². The first-order valence-corrected chi connectivity index (χ1v) is 8.27. The molecule has 2 heterocycles. The Morgan fingerprint density at radius 2 is 2.15 bits per heavy atom. The molecule has 0 aliphatic heterocycles. The SMILES string of the molecule is CCNC(c1sccc1Br)c1nn(C)c2ccccc12. The van der Waals surface area contributed by atoms with Crippen LogP contribution < -0.4 is 5.32 Å². The molecule has 1 unspecified atom stereocenters. The minimum Gasteiger partial charge on any atom is -0.304 e. The summed E-state index contributed by atoms with van der Waals surface area (Å²) >= 11 is 5.39. The Hall–Kier alpha value is -1.17. The number of hydrogen-bond acceptors (Lipinski definition) is 3. The maximum absolute atomic E-state index is 4.75. The number of aryl methyl sites for hydroxylation is 1. The lowest BCUT2D eigenvalue weighted by Gasteiger charge is -2.15. The number of halogens is 1. The number of nitrogens with one attached hydrogen (secondary N) is 1. The first-order valence-electron chi connectivity index (χ1n) is 6.60. The van der Waals surface area contributed by atoms with E-state index in [9.17, 15) is 0 Å². The zero-order valence-electron chi connectivity index (χ0n) is 11.4. The van der Waals surface area contributed by atoms with Gasteiger partial charge in [0.05, 0.1) is 17.3 Å². The van der Waals surface area contributed by atoms with Gasteiger partial charge in [0.2, 0.25) is 0 Å². The highest BCUT2D eigenvalue weighted by atomic mass is 79.9. The molecule has 3 aromatic rings. The molecule has 0 saturated carbocycles. The summed E-state index contributed by atoms with van der Waals surface area (Å²) in [4.78, 5) is 1.27. The van der Waals surface area contributed by atoms with Crippen LogP contribution in [0.2, 0.25) is 0 Å². The molecule has 2 aromatic heterocycles. The summed E-state index contributed by atoms with van der Waals surface area (Å²) in [5, 5.41) is 11.6. The fourth-order valence-electron chi connectivity index (χ4n) is 2.48. The minimum absolute atomic E-state index is 0.125. The van der Waals surface area contributed by atoms with Crippen LogP contribution >= 0.6 is 27.3 Å². The second-order valence-corrected chi connectivity index (χ2v) is 6.45. The molecule has 0 fully saturated rings. The van der Waals surface area contributed by atoms with Gasteiger partial charge in [0.15, 0.2) is 0 Å². The van der Waals surface area contributed by atoms with Crippen LogP contribution in [-0.4, -0.2) is 16.3 Å².